The highest BCUT2D eigenvalue weighted by atomic mass is 16.5. The van der Waals surface area contributed by atoms with Crippen LogP contribution in [0.3, 0.4) is 0 Å². The molecule has 11 rings (SSSR count). The molecule has 0 fully saturated rings. The number of aryl methyl sites for hydroxylation is 2. The Morgan fingerprint density at radius 2 is 1.00 bits per heavy atom. The average Bonchev–Trinajstić information content (AvgIpc) is 3.42. The summed E-state index contributed by atoms with van der Waals surface area (Å²) in [6.45, 7) is 4.34. The van der Waals surface area contributed by atoms with Crippen LogP contribution in [0.15, 0.2) is 146 Å². The standard InChI is InChI=1S/C47H30O/c1-27-24-38-37-16-9-15-35-31(22-23-43(46(35)37)48-44(38)25-28(27)2)30-20-21-34-32-12-3-5-17-39(32)47(42(34)26-30)40-18-6-4-13-33(40)36-14-7-10-29-11-8-19-41(47)45(29)36/h3-26H,1-2H3. The van der Waals surface area contributed by atoms with Crippen LogP contribution in [-0.4, -0.2) is 0 Å². The monoisotopic (exact) mass is 610 g/mol. The van der Waals surface area contributed by atoms with Gasteiger partial charge in [-0.25, -0.2) is 0 Å². The lowest BCUT2D eigenvalue weighted by atomic mass is 9.61. The van der Waals surface area contributed by atoms with Gasteiger partial charge in [0.15, 0.2) is 0 Å². The van der Waals surface area contributed by atoms with Crippen molar-refractivity contribution in [2.45, 2.75) is 19.3 Å². The van der Waals surface area contributed by atoms with Crippen molar-refractivity contribution in [3.05, 3.63) is 179 Å². The number of hydrogen-bond donors (Lipinski definition) is 0. The van der Waals surface area contributed by atoms with Crippen molar-refractivity contribution in [2.24, 2.45) is 0 Å². The van der Waals surface area contributed by atoms with E-state index in [9.17, 15) is 0 Å². The molecule has 2 aliphatic carbocycles. The van der Waals surface area contributed by atoms with Crippen LogP contribution in [0.1, 0.15) is 33.4 Å². The van der Waals surface area contributed by atoms with Gasteiger partial charge < -0.3 is 4.74 Å². The second-order valence-electron chi connectivity index (χ2n) is 13.7. The molecule has 8 aromatic carbocycles. The first-order valence-electron chi connectivity index (χ1n) is 16.8. The molecule has 8 aromatic rings. The first-order chi connectivity index (χ1) is 23.6. The third-order valence-electron chi connectivity index (χ3n) is 11.4. The van der Waals surface area contributed by atoms with Crippen molar-refractivity contribution < 1.29 is 4.74 Å². The molecule has 0 radical (unpaired) electrons. The SMILES string of the molecule is Cc1cc2c(cc1C)-c1cccc3c(-c4ccc5c(c4)C4(c6ccccc6-5)c5ccccc5-c5cccc6cccc4c56)ccc(c13)O2. The number of benzene rings is 8. The van der Waals surface area contributed by atoms with Gasteiger partial charge in [-0.2, -0.15) is 0 Å². The predicted molar refractivity (Wildman–Crippen MR) is 198 cm³/mol. The lowest BCUT2D eigenvalue weighted by molar-refractivity contribution is 0.486. The van der Waals surface area contributed by atoms with Crippen LogP contribution in [0.4, 0.5) is 0 Å². The minimum absolute atomic E-state index is 0.434. The van der Waals surface area contributed by atoms with Gasteiger partial charge in [-0.3, -0.25) is 0 Å². The molecular weight excluding hydrogens is 581 g/mol. The van der Waals surface area contributed by atoms with Crippen LogP contribution >= 0.6 is 0 Å². The second kappa shape index (κ2) is 9.12. The molecule has 3 aliphatic rings. The van der Waals surface area contributed by atoms with Crippen molar-refractivity contribution in [3.63, 3.8) is 0 Å². The highest BCUT2D eigenvalue weighted by Crippen LogP contribution is 2.62. The van der Waals surface area contributed by atoms with E-state index < -0.39 is 5.41 Å². The summed E-state index contributed by atoms with van der Waals surface area (Å²) in [6.07, 6.45) is 0. The molecule has 0 saturated heterocycles. The Bertz CT molecular complexity index is 2720. The summed E-state index contributed by atoms with van der Waals surface area (Å²) >= 11 is 0. The zero-order chi connectivity index (χ0) is 31.7. The third-order valence-corrected chi connectivity index (χ3v) is 11.4. The summed E-state index contributed by atoms with van der Waals surface area (Å²) in [5.41, 5.74) is 17.6. The summed E-state index contributed by atoms with van der Waals surface area (Å²) in [7, 11) is 0. The summed E-state index contributed by atoms with van der Waals surface area (Å²) in [5, 5.41) is 5.05. The molecule has 48 heavy (non-hydrogen) atoms. The largest absolute Gasteiger partial charge is 0.456 e. The fourth-order valence-electron chi connectivity index (χ4n) is 9.23. The second-order valence-corrected chi connectivity index (χ2v) is 13.7. The maximum atomic E-state index is 6.59. The van der Waals surface area contributed by atoms with Gasteiger partial charge in [-0.1, -0.05) is 121 Å². The molecule has 0 saturated carbocycles. The molecule has 0 amide bonds. The number of fused-ring (bicyclic) bond motifs is 11. The Morgan fingerprint density at radius 3 is 1.81 bits per heavy atom. The van der Waals surface area contributed by atoms with Gasteiger partial charge in [0, 0.05) is 10.9 Å². The van der Waals surface area contributed by atoms with E-state index in [2.05, 4.69) is 159 Å². The van der Waals surface area contributed by atoms with Gasteiger partial charge in [0.05, 0.1) is 5.41 Å². The van der Waals surface area contributed by atoms with Crippen LogP contribution in [0.5, 0.6) is 11.5 Å². The maximum absolute atomic E-state index is 6.59. The van der Waals surface area contributed by atoms with Crippen molar-refractivity contribution in [1.82, 2.24) is 0 Å². The Kier molecular flexibility index (Phi) is 4.97. The average molecular weight is 611 g/mol. The lowest BCUT2D eigenvalue weighted by Gasteiger charge is -2.40. The first kappa shape index (κ1) is 26.2. The fraction of sp³-hybridized carbons (Fsp3) is 0.0638. The summed E-state index contributed by atoms with van der Waals surface area (Å²) in [6, 6.07) is 54.6. The van der Waals surface area contributed by atoms with E-state index in [1.54, 1.807) is 0 Å². The van der Waals surface area contributed by atoms with Gasteiger partial charge in [0.25, 0.3) is 0 Å². The molecule has 0 N–H and O–H groups in total. The van der Waals surface area contributed by atoms with Crippen molar-refractivity contribution in [3.8, 4) is 56.0 Å². The minimum Gasteiger partial charge on any atom is -0.456 e. The molecule has 1 heterocycles. The van der Waals surface area contributed by atoms with Crippen molar-refractivity contribution in [1.29, 1.82) is 0 Å². The minimum atomic E-state index is -0.434. The van der Waals surface area contributed by atoms with E-state index in [1.807, 2.05) is 0 Å². The molecular formula is C47H30O. The topological polar surface area (TPSA) is 9.23 Å². The molecule has 0 bridgehead atoms. The summed E-state index contributed by atoms with van der Waals surface area (Å²) < 4.78 is 6.59. The first-order valence-corrected chi connectivity index (χ1v) is 16.8. The molecule has 1 atom stereocenters. The number of rotatable bonds is 1. The normalized spacial score (nSPS) is 16.0. The molecule has 1 heteroatoms. The molecule has 1 aliphatic heterocycles. The van der Waals surface area contributed by atoms with E-state index in [1.165, 1.54) is 99.4 Å². The van der Waals surface area contributed by atoms with E-state index in [0.717, 1.165) is 11.5 Å². The van der Waals surface area contributed by atoms with Crippen LogP contribution < -0.4 is 4.74 Å². The van der Waals surface area contributed by atoms with E-state index >= 15 is 0 Å². The van der Waals surface area contributed by atoms with Crippen LogP contribution in [0.25, 0.3) is 66.1 Å². The van der Waals surface area contributed by atoms with Gasteiger partial charge in [-0.15, -0.1) is 0 Å². The van der Waals surface area contributed by atoms with E-state index in [-0.39, 0.29) is 0 Å². The molecule has 224 valence electrons. The lowest BCUT2D eigenvalue weighted by Crippen LogP contribution is -2.31. The van der Waals surface area contributed by atoms with E-state index in [4.69, 9.17) is 4.74 Å². The zero-order valence-corrected chi connectivity index (χ0v) is 26.8. The highest BCUT2D eigenvalue weighted by Gasteiger charge is 2.50. The Morgan fingerprint density at radius 1 is 0.396 bits per heavy atom. The fourth-order valence-corrected chi connectivity index (χ4v) is 9.23. The summed E-state index contributed by atoms with van der Waals surface area (Å²) in [5.74, 6) is 1.86. The van der Waals surface area contributed by atoms with Gasteiger partial charge in [0.1, 0.15) is 11.5 Å². The molecule has 1 unspecified atom stereocenters. The third kappa shape index (κ3) is 3.12. The van der Waals surface area contributed by atoms with Crippen LogP contribution in [-0.2, 0) is 5.41 Å². The van der Waals surface area contributed by atoms with E-state index in [0.29, 0.717) is 0 Å². The van der Waals surface area contributed by atoms with Crippen molar-refractivity contribution >= 4 is 21.5 Å². The van der Waals surface area contributed by atoms with Gasteiger partial charge >= 0.3 is 0 Å². The Hall–Kier alpha value is -5.92. The summed E-state index contributed by atoms with van der Waals surface area (Å²) in [4.78, 5) is 0. The van der Waals surface area contributed by atoms with Crippen LogP contribution in [0, 0.1) is 13.8 Å². The zero-order valence-electron chi connectivity index (χ0n) is 26.8. The molecule has 1 nitrogen and oxygen atoms in total. The predicted octanol–water partition coefficient (Wildman–Crippen LogP) is 12.4. The molecule has 1 spiro atoms. The smallest absolute Gasteiger partial charge is 0.135 e. The number of hydrogen-bond acceptors (Lipinski definition) is 1. The number of ether oxygens (including phenoxy) is 1. The van der Waals surface area contributed by atoms with Gasteiger partial charge in [-0.05, 0) is 127 Å². The Balaban J connectivity index is 1.22. The van der Waals surface area contributed by atoms with Crippen molar-refractivity contribution in [2.75, 3.05) is 0 Å². The quantitative estimate of drug-likeness (QED) is 0.180. The highest BCUT2D eigenvalue weighted by molar-refractivity contribution is 6.11. The van der Waals surface area contributed by atoms with Crippen LogP contribution in [0.2, 0.25) is 0 Å². The maximum Gasteiger partial charge on any atom is 0.135 e. The Labute approximate surface area is 279 Å². The molecule has 0 aromatic heterocycles. The van der Waals surface area contributed by atoms with Gasteiger partial charge in [0.2, 0.25) is 0 Å².